The Labute approximate surface area is 194 Å². The summed E-state index contributed by atoms with van der Waals surface area (Å²) >= 11 is 6.12. The summed E-state index contributed by atoms with van der Waals surface area (Å²) in [6, 6.07) is 17.1. The molecule has 0 spiro atoms. The van der Waals surface area contributed by atoms with E-state index >= 15 is 0 Å². The summed E-state index contributed by atoms with van der Waals surface area (Å²) < 4.78 is 13.2. The van der Waals surface area contributed by atoms with Crippen LogP contribution in [-0.4, -0.2) is 17.7 Å². The molecule has 0 radical (unpaired) electrons. The number of nitrogens with one attached hydrogen (secondary N) is 2. The first-order valence-corrected chi connectivity index (χ1v) is 10.4. The minimum atomic E-state index is -0.708. The van der Waals surface area contributed by atoms with Gasteiger partial charge in [0.2, 0.25) is 0 Å². The van der Waals surface area contributed by atoms with Gasteiger partial charge in [0.1, 0.15) is 16.5 Å². The fraction of sp³-hybridized carbons (Fsp3) is 0.0800. The van der Waals surface area contributed by atoms with Crippen LogP contribution in [0.1, 0.15) is 21.5 Å². The molecule has 0 bridgehead atoms. The quantitative estimate of drug-likeness (QED) is 0.514. The Morgan fingerprint density at radius 3 is 2.24 bits per heavy atom. The van der Waals surface area contributed by atoms with Crippen LogP contribution in [0.4, 0.5) is 21.5 Å². The van der Waals surface area contributed by atoms with Crippen molar-refractivity contribution in [2.75, 3.05) is 15.5 Å². The Morgan fingerprint density at radius 2 is 1.58 bits per heavy atom. The maximum absolute atomic E-state index is 13.2. The van der Waals surface area contributed by atoms with Gasteiger partial charge in [-0.15, -0.1) is 0 Å². The molecule has 3 amide bonds. The summed E-state index contributed by atoms with van der Waals surface area (Å²) in [7, 11) is 0. The highest BCUT2D eigenvalue weighted by atomic mass is 35.5. The van der Waals surface area contributed by atoms with Gasteiger partial charge in [-0.1, -0.05) is 23.7 Å². The monoisotopic (exact) mass is 463 g/mol. The van der Waals surface area contributed by atoms with E-state index in [0.717, 1.165) is 33.8 Å². The van der Waals surface area contributed by atoms with Crippen molar-refractivity contribution in [3.05, 3.63) is 100.0 Å². The minimum Gasteiger partial charge on any atom is -0.350 e. The van der Waals surface area contributed by atoms with Crippen LogP contribution in [0.15, 0.2) is 77.5 Å². The molecule has 2 N–H and O–H groups in total. The SMILES string of the molecule is Cc1ccc(C)c(NC(=O)c2ccc(NC3=C(Cl)C(=O)N(c4ccc(F)cc4)C3=O)cc2)c1. The molecule has 166 valence electrons. The highest BCUT2D eigenvalue weighted by Crippen LogP contribution is 2.30. The van der Waals surface area contributed by atoms with Gasteiger partial charge in [-0.3, -0.25) is 14.4 Å². The average Bonchev–Trinajstić information content (AvgIpc) is 3.00. The Balaban J connectivity index is 1.49. The predicted octanol–water partition coefficient (Wildman–Crippen LogP) is 5.13. The maximum Gasteiger partial charge on any atom is 0.283 e. The van der Waals surface area contributed by atoms with Crippen molar-refractivity contribution >= 4 is 46.4 Å². The molecule has 0 saturated carbocycles. The van der Waals surface area contributed by atoms with Crippen molar-refractivity contribution in [1.29, 1.82) is 0 Å². The minimum absolute atomic E-state index is 0.0985. The Bertz CT molecular complexity index is 1300. The molecule has 3 aromatic rings. The zero-order valence-corrected chi connectivity index (χ0v) is 18.5. The van der Waals surface area contributed by atoms with Crippen LogP contribution in [0.5, 0.6) is 0 Å². The smallest absolute Gasteiger partial charge is 0.283 e. The fourth-order valence-electron chi connectivity index (χ4n) is 3.35. The van der Waals surface area contributed by atoms with E-state index < -0.39 is 17.6 Å². The molecule has 1 heterocycles. The highest BCUT2D eigenvalue weighted by molar-refractivity contribution is 6.53. The molecule has 0 aromatic heterocycles. The number of carbonyl (C=O) groups is 3. The molecule has 4 rings (SSSR count). The normalized spacial score (nSPS) is 13.5. The third-order valence-corrected chi connectivity index (χ3v) is 5.52. The van der Waals surface area contributed by atoms with E-state index in [4.69, 9.17) is 11.6 Å². The zero-order valence-electron chi connectivity index (χ0n) is 17.8. The van der Waals surface area contributed by atoms with Gasteiger partial charge in [-0.2, -0.15) is 0 Å². The molecule has 33 heavy (non-hydrogen) atoms. The van der Waals surface area contributed by atoms with E-state index in [1.54, 1.807) is 24.3 Å². The van der Waals surface area contributed by atoms with Crippen LogP contribution in [0.3, 0.4) is 0 Å². The number of anilines is 3. The van der Waals surface area contributed by atoms with E-state index in [0.29, 0.717) is 11.3 Å². The van der Waals surface area contributed by atoms with Gasteiger partial charge in [-0.05, 0) is 79.6 Å². The lowest BCUT2D eigenvalue weighted by molar-refractivity contribution is -0.120. The summed E-state index contributed by atoms with van der Waals surface area (Å²) in [5.74, 6) is -2.13. The van der Waals surface area contributed by atoms with Crippen LogP contribution in [0, 0.1) is 19.7 Å². The van der Waals surface area contributed by atoms with Crippen molar-refractivity contribution in [3.63, 3.8) is 0 Å². The molecule has 8 heteroatoms. The van der Waals surface area contributed by atoms with Gasteiger partial charge in [0, 0.05) is 16.9 Å². The summed E-state index contributed by atoms with van der Waals surface area (Å²) in [4.78, 5) is 38.8. The topological polar surface area (TPSA) is 78.5 Å². The van der Waals surface area contributed by atoms with Gasteiger partial charge in [0.25, 0.3) is 17.7 Å². The van der Waals surface area contributed by atoms with Gasteiger partial charge in [0.05, 0.1) is 5.69 Å². The molecule has 0 fully saturated rings. The number of aryl methyl sites for hydroxylation is 2. The largest absolute Gasteiger partial charge is 0.350 e. The molecule has 3 aromatic carbocycles. The Kier molecular flexibility index (Phi) is 5.98. The van der Waals surface area contributed by atoms with Gasteiger partial charge >= 0.3 is 0 Å². The lowest BCUT2D eigenvalue weighted by Crippen LogP contribution is -2.32. The number of benzene rings is 3. The molecular weight excluding hydrogens is 445 g/mol. The van der Waals surface area contributed by atoms with E-state index in [2.05, 4.69) is 10.6 Å². The lowest BCUT2D eigenvalue weighted by atomic mass is 10.1. The Morgan fingerprint density at radius 1 is 0.909 bits per heavy atom. The van der Waals surface area contributed by atoms with Crippen LogP contribution in [-0.2, 0) is 9.59 Å². The average molecular weight is 464 g/mol. The Hall–Kier alpha value is -3.97. The molecule has 0 saturated heterocycles. The summed E-state index contributed by atoms with van der Waals surface area (Å²) in [6.07, 6.45) is 0. The number of imide groups is 1. The number of hydrogen-bond donors (Lipinski definition) is 2. The first kappa shape index (κ1) is 22.2. The van der Waals surface area contributed by atoms with Crippen LogP contribution in [0.2, 0.25) is 0 Å². The molecular formula is C25H19ClFN3O3. The molecule has 0 aliphatic carbocycles. The highest BCUT2D eigenvalue weighted by Gasteiger charge is 2.38. The summed E-state index contributed by atoms with van der Waals surface area (Å²) in [6.45, 7) is 3.86. The molecule has 0 unspecified atom stereocenters. The predicted molar refractivity (Wildman–Crippen MR) is 126 cm³/mol. The number of rotatable bonds is 5. The summed E-state index contributed by atoms with van der Waals surface area (Å²) in [5.41, 5.74) is 3.71. The molecule has 6 nitrogen and oxygen atoms in total. The van der Waals surface area contributed by atoms with Crippen molar-refractivity contribution in [2.45, 2.75) is 13.8 Å². The second-order valence-electron chi connectivity index (χ2n) is 7.59. The van der Waals surface area contributed by atoms with E-state index in [1.807, 2.05) is 32.0 Å². The van der Waals surface area contributed by atoms with Crippen molar-refractivity contribution in [3.8, 4) is 0 Å². The first-order valence-electron chi connectivity index (χ1n) is 10.0. The second-order valence-corrected chi connectivity index (χ2v) is 7.96. The first-order chi connectivity index (χ1) is 15.7. The van der Waals surface area contributed by atoms with Crippen LogP contribution >= 0.6 is 11.6 Å². The molecule has 0 atom stereocenters. The summed E-state index contributed by atoms with van der Waals surface area (Å²) in [5, 5.41) is 5.45. The molecule has 1 aliphatic heterocycles. The van der Waals surface area contributed by atoms with Crippen molar-refractivity contribution in [2.24, 2.45) is 0 Å². The lowest BCUT2D eigenvalue weighted by Gasteiger charge is -2.15. The zero-order chi connectivity index (χ0) is 23.7. The number of carbonyl (C=O) groups excluding carboxylic acids is 3. The van der Waals surface area contributed by atoms with Crippen LogP contribution < -0.4 is 15.5 Å². The number of amides is 3. The second kappa shape index (κ2) is 8.88. The number of nitrogens with zero attached hydrogens (tertiary/aromatic N) is 1. The van der Waals surface area contributed by atoms with Crippen molar-refractivity contribution < 1.29 is 18.8 Å². The van der Waals surface area contributed by atoms with E-state index in [9.17, 15) is 18.8 Å². The van der Waals surface area contributed by atoms with E-state index in [1.165, 1.54) is 12.1 Å². The van der Waals surface area contributed by atoms with E-state index in [-0.39, 0.29) is 22.3 Å². The van der Waals surface area contributed by atoms with Crippen LogP contribution in [0.25, 0.3) is 0 Å². The third-order valence-electron chi connectivity index (χ3n) is 5.17. The molecule has 1 aliphatic rings. The van der Waals surface area contributed by atoms with Crippen molar-refractivity contribution in [1.82, 2.24) is 0 Å². The standard InChI is InChI=1S/C25H19ClFN3O3/c1-14-3-4-15(2)20(13-14)29-23(31)16-5-9-18(10-6-16)28-22-21(26)24(32)30(25(22)33)19-11-7-17(27)8-12-19/h3-13,28H,1-2H3,(H,29,31). The number of hydrogen-bond acceptors (Lipinski definition) is 4. The van der Waals surface area contributed by atoms with Gasteiger partial charge < -0.3 is 10.6 Å². The van der Waals surface area contributed by atoms with Gasteiger partial charge in [-0.25, -0.2) is 9.29 Å². The fourth-order valence-corrected chi connectivity index (χ4v) is 3.56. The van der Waals surface area contributed by atoms with Gasteiger partial charge in [0.15, 0.2) is 0 Å². The maximum atomic E-state index is 13.2. The third kappa shape index (κ3) is 4.49. The number of halogens is 2.